The minimum atomic E-state index is -0.216. The van der Waals surface area contributed by atoms with Crippen LogP contribution in [0, 0.1) is 6.92 Å². The lowest BCUT2D eigenvalue weighted by molar-refractivity contribution is 0.0939. The molecule has 0 spiro atoms. The SMILES string of the molecule is Cc1ccc(Cl)cc1Nc1ncc(C(=O)NC(C)c2ccccc2)cn1. The van der Waals surface area contributed by atoms with E-state index >= 15 is 0 Å². The Bertz CT molecular complexity index is 897. The maximum Gasteiger partial charge on any atom is 0.254 e. The number of amides is 1. The van der Waals surface area contributed by atoms with Gasteiger partial charge < -0.3 is 10.6 Å². The van der Waals surface area contributed by atoms with Gasteiger partial charge in [0.25, 0.3) is 5.91 Å². The molecule has 0 radical (unpaired) electrons. The maximum absolute atomic E-state index is 12.4. The molecule has 1 atom stereocenters. The fraction of sp³-hybridized carbons (Fsp3) is 0.150. The lowest BCUT2D eigenvalue weighted by atomic mass is 10.1. The molecule has 1 unspecified atom stereocenters. The first-order chi connectivity index (χ1) is 12.5. The smallest absolute Gasteiger partial charge is 0.254 e. The first-order valence-electron chi connectivity index (χ1n) is 8.24. The standard InChI is InChI=1S/C20H19ClN4O/c1-13-8-9-17(21)10-18(13)25-20-22-11-16(12-23-20)19(26)24-14(2)15-6-4-3-5-7-15/h3-12,14H,1-2H3,(H,24,26)(H,22,23,25). The molecule has 26 heavy (non-hydrogen) atoms. The summed E-state index contributed by atoms with van der Waals surface area (Å²) in [5.41, 5.74) is 3.29. The highest BCUT2D eigenvalue weighted by molar-refractivity contribution is 6.30. The number of aromatic nitrogens is 2. The van der Waals surface area contributed by atoms with Crippen LogP contribution in [0.15, 0.2) is 60.9 Å². The van der Waals surface area contributed by atoms with Crippen LogP contribution in [-0.2, 0) is 0 Å². The lowest BCUT2D eigenvalue weighted by Crippen LogP contribution is -2.26. The molecule has 0 bridgehead atoms. The van der Waals surface area contributed by atoms with Crippen LogP contribution in [0.3, 0.4) is 0 Å². The number of anilines is 2. The van der Waals surface area contributed by atoms with Crippen LogP contribution in [-0.4, -0.2) is 15.9 Å². The summed E-state index contributed by atoms with van der Waals surface area (Å²) in [6.07, 6.45) is 3.00. The topological polar surface area (TPSA) is 66.9 Å². The van der Waals surface area contributed by atoms with E-state index in [9.17, 15) is 4.79 Å². The number of hydrogen-bond acceptors (Lipinski definition) is 4. The minimum absolute atomic E-state index is 0.101. The molecule has 1 heterocycles. The molecule has 0 saturated heterocycles. The quantitative estimate of drug-likeness (QED) is 0.688. The molecule has 1 aromatic heterocycles. The largest absolute Gasteiger partial charge is 0.345 e. The van der Waals surface area contributed by atoms with Crippen LogP contribution in [0.5, 0.6) is 0 Å². The van der Waals surface area contributed by atoms with Gasteiger partial charge in [0.05, 0.1) is 11.6 Å². The van der Waals surface area contributed by atoms with Crippen molar-refractivity contribution in [2.75, 3.05) is 5.32 Å². The number of carbonyl (C=O) groups excluding carboxylic acids is 1. The average Bonchev–Trinajstić information content (AvgIpc) is 2.66. The van der Waals surface area contributed by atoms with Crippen molar-refractivity contribution >= 4 is 29.1 Å². The summed E-state index contributed by atoms with van der Waals surface area (Å²) in [7, 11) is 0. The number of aryl methyl sites for hydroxylation is 1. The van der Waals surface area contributed by atoms with E-state index in [1.54, 1.807) is 0 Å². The van der Waals surface area contributed by atoms with Crippen molar-refractivity contribution in [2.24, 2.45) is 0 Å². The van der Waals surface area contributed by atoms with E-state index in [1.807, 2.05) is 62.4 Å². The van der Waals surface area contributed by atoms with E-state index in [0.29, 0.717) is 16.5 Å². The van der Waals surface area contributed by atoms with Crippen molar-refractivity contribution in [3.8, 4) is 0 Å². The first-order valence-corrected chi connectivity index (χ1v) is 8.62. The first kappa shape index (κ1) is 17.9. The number of halogens is 1. The number of benzene rings is 2. The Balaban J connectivity index is 1.67. The zero-order valence-corrected chi connectivity index (χ0v) is 15.3. The molecule has 5 nitrogen and oxygen atoms in total. The van der Waals surface area contributed by atoms with Gasteiger partial charge in [-0.05, 0) is 37.1 Å². The van der Waals surface area contributed by atoms with Gasteiger partial charge in [-0.2, -0.15) is 0 Å². The fourth-order valence-corrected chi connectivity index (χ4v) is 2.64. The van der Waals surface area contributed by atoms with E-state index in [-0.39, 0.29) is 11.9 Å². The van der Waals surface area contributed by atoms with Crippen LogP contribution in [0.4, 0.5) is 11.6 Å². The Kier molecular flexibility index (Phi) is 5.49. The lowest BCUT2D eigenvalue weighted by Gasteiger charge is -2.14. The van der Waals surface area contributed by atoms with Gasteiger partial charge in [0, 0.05) is 23.1 Å². The third kappa shape index (κ3) is 4.37. The summed E-state index contributed by atoms with van der Waals surface area (Å²) in [5.74, 6) is 0.190. The van der Waals surface area contributed by atoms with E-state index in [4.69, 9.17) is 11.6 Å². The van der Waals surface area contributed by atoms with E-state index in [1.165, 1.54) is 12.4 Å². The average molecular weight is 367 g/mol. The number of nitrogens with one attached hydrogen (secondary N) is 2. The molecule has 2 N–H and O–H groups in total. The van der Waals surface area contributed by atoms with Crippen molar-refractivity contribution in [1.82, 2.24) is 15.3 Å². The molecular formula is C20H19ClN4O. The van der Waals surface area contributed by atoms with Crippen molar-refractivity contribution in [3.05, 3.63) is 82.6 Å². The van der Waals surface area contributed by atoms with Crippen molar-refractivity contribution in [3.63, 3.8) is 0 Å². The highest BCUT2D eigenvalue weighted by Gasteiger charge is 2.12. The summed E-state index contributed by atoms with van der Waals surface area (Å²) >= 11 is 6.02. The van der Waals surface area contributed by atoms with Crippen LogP contribution in [0.25, 0.3) is 0 Å². The van der Waals surface area contributed by atoms with Gasteiger partial charge in [-0.1, -0.05) is 48.0 Å². The van der Waals surface area contributed by atoms with E-state index in [0.717, 1.165) is 16.8 Å². The maximum atomic E-state index is 12.4. The summed E-state index contributed by atoms with van der Waals surface area (Å²) in [6.45, 7) is 3.90. The molecule has 3 rings (SSSR count). The molecule has 132 valence electrons. The second-order valence-electron chi connectivity index (χ2n) is 5.99. The van der Waals surface area contributed by atoms with E-state index in [2.05, 4.69) is 20.6 Å². The minimum Gasteiger partial charge on any atom is -0.345 e. The zero-order chi connectivity index (χ0) is 18.5. The van der Waals surface area contributed by atoms with Gasteiger partial charge in [-0.3, -0.25) is 4.79 Å². The van der Waals surface area contributed by atoms with Gasteiger partial charge in [-0.25, -0.2) is 9.97 Å². The Morgan fingerprint density at radius 2 is 1.77 bits per heavy atom. The van der Waals surface area contributed by atoms with E-state index < -0.39 is 0 Å². The van der Waals surface area contributed by atoms with Crippen LogP contribution in [0.2, 0.25) is 5.02 Å². The molecule has 0 aliphatic carbocycles. The number of hydrogen-bond donors (Lipinski definition) is 2. The number of rotatable bonds is 5. The summed E-state index contributed by atoms with van der Waals surface area (Å²) in [4.78, 5) is 20.8. The summed E-state index contributed by atoms with van der Waals surface area (Å²) in [5, 5.41) is 6.68. The summed E-state index contributed by atoms with van der Waals surface area (Å²) in [6, 6.07) is 15.2. The second-order valence-corrected chi connectivity index (χ2v) is 6.42. The predicted molar refractivity (Wildman–Crippen MR) is 104 cm³/mol. The van der Waals surface area contributed by atoms with Gasteiger partial charge in [0.15, 0.2) is 0 Å². The van der Waals surface area contributed by atoms with Crippen molar-refractivity contribution in [1.29, 1.82) is 0 Å². The van der Waals surface area contributed by atoms with Gasteiger partial charge >= 0.3 is 0 Å². The van der Waals surface area contributed by atoms with Crippen LogP contribution in [0.1, 0.15) is 34.5 Å². The molecule has 2 aromatic carbocycles. The normalized spacial score (nSPS) is 11.7. The molecule has 6 heteroatoms. The molecular weight excluding hydrogens is 348 g/mol. The summed E-state index contributed by atoms with van der Waals surface area (Å²) < 4.78 is 0. The van der Waals surface area contributed by atoms with Gasteiger partial charge in [0.2, 0.25) is 5.95 Å². The monoisotopic (exact) mass is 366 g/mol. The molecule has 0 aliphatic heterocycles. The van der Waals surface area contributed by atoms with Crippen LogP contribution < -0.4 is 10.6 Å². The fourth-order valence-electron chi connectivity index (χ4n) is 2.46. The van der Waals surface area contributed by atoms with Gasteiger partial charge in [0.1, 0.15) is 0 Å². The van der Waals surface area contributed by atoms with Gasteiger partial charge in [-0.15, -0.1) is 0 Å². The highest BCUT2D eigenvalue weighted by atomic mass is 35.5. The number of nitrogens with zero attached hydrogens (tertiary/aromatic N) is 2. The Morgan fingerprint density at radius 1 is 1.08 bits per heavy atom. The second kappa shape index (κ2) is 7.97. The molecule has 1 amide bonds. The Morgan fingerprint density at radius 3 is 2.46 bits per heavy atom. The molecule has 0 fully saturated rings. The predicted octanol–water partition coefficient (Wildman–Crippen LogP) is 4.67. The van der Waals surface area contributed by atoms with Crippen molar-refractivity contribution < 1.29 is 4.79 Å². The third-order valence-corrected chi connectivity index (χ3v) is 4.24. The molecule has 0 saturated carbocycles. The highest BCUT2D eigenvalue weighted by Crippen LogP contribution is 2.22. The molecule has 3 aromatic rings. The zero-order valence-electron chi connectivity index (χ0n) is 14.5. The van der Waals surface area contributed by atoms with Crippen molar-refractivity contribution in [2.45, 2.75) is 19.9 Å². The third-order valence-electron chi connectivity index (χ3n) is 4.01. The number of carbonyl (C=O) groups is 1. The Labute approximate surface area is 157 Å². The Hall–Kier alpha value is -2.92. The van der Waals surface area contributed by atoms with Crippen LogP contribution >= 0.6 is 11.6 Å². The molecule has 0 aliphatic rings.